The van der Waals surface area contributed by atoms with E-state index in [0.717, 1.165) is 0 Å². The molecule has 1 rings (SSSR count). The van der Waals surface area contributed by atoms with Crippen molar-refractivity contribution in [2.24, 2.45) is 0 Å². The molecule has 1 atom stereocenters. The number of phenols is 1. The molecule has 3 N–H and O–H groups in total. The molecular formula is C8H6BrClO4. The second-order valence-electron chi connectivity index (χ2n) is 2.57. The highest BCUT2D eigenvalue weighted by Gasteiger charge is 2.21. The first-order chi connectivity index (χ1) is 6.43. The first-order valence-electron chi connectivity index (χ1n) is 3.52. The summed E-state index contributed by atoms with van der Waals surface area (Å²) in [6.07, 6.45) is -1.79. The van der Waals surface area contributed by atoms with Crippen molar-refractivity contribution in [2.45, 2.75) is 6.10 Å². The van der Waals surface area contributed by atoms with Crippen LogP contribution in [0.5, 0.6) is 5.75 Å². The van der Waals surface area contributed by atoms with Crippen LogP contribution >= 0.6 is 27.5 Å². The van der Waals surface area contributed by atoms with E-state index in [2.05, 4.69) is 15.9 Å². The molecule has 0 aliphatic carbocycles. The van der Waals surface area contributed by atoms with Crippen molar-refractivity contribution in [2.75, 3.05) is 0 Å². The molecule has 4 nitrogen and oxygen atoms in total. The molecule has 1 aromatic rings. The summed E-state index contributed by atoms with van der Waals surface area (Å²) in [6, 6.07) is 2.59. The molecule has 0 fully saturated rings. The summed E-state index contributed by atoms with van der Waals surface area (Å²) in [6.45, 7) is 0. The Kier molecular flexibility index (Phi) is 3.36. The fourth-order valence-corrected chi connectivity index (χ4v) is 1.76. The van der Waals surface area contributed by atoms with Crippen LogP contribution in [0.4, 0.5) is 0 Å². The SMILES string of the molecule is O=C(O)C(O)c1cc(Cl)cc(Br)c1O. The quantitative estimate of drug-likeness (QED) is 0.774. The average Bonchev–Trinajstić information content (AvgIpc) is 2.09. The molecule has 0 aliphatic rings. The van der Waals surface area contributed by atoms with Crippen LogP contribution in [0.2, 0.25) is 5.02 Å². The summed E-state index contributed by atoms with van der Waals surface area (Å²) in [5.41, 5.74) is -0.142. The maximum Gasteiger partial charge on any atom is 0.337 e. The summed E-state index contributed by atoms with van der Waals surface area (Å²) < 4.78 is 0.236. The molecule has 0 amide bonds. The highest BCUT2D eigenvalue weighted by atomic mass is 79.9. The minimum absolute atomic E-state index is 0.142. The number of carboxylic acids is 1. The van der Waals surface area contributed by atoms with E-state index in [4.69, 9.17) is 16.7 Å². The van der Waals surface area contributed by atoms with Gasteiger partial charge in [0.1, 0.15) is 5.75 Å². The van der Waals surface area contributed by atoms with Gasteiger partial charge in [0.2, 0.25) is 0 Å². The lowest BCUT2D eigenvalue weighted by Crippen LogP contribution is -2.10. The third-order valence-corrected chi connectivity index (χ3v) is 2.41. The largest absolute Gasteiger partial charge is 0.506 e. The maximum absolute atomic E-state index is 10.5. The number of hydrogen-bond donors (Lipinski definition) is 3. The van der Waals surface area contributed by atoms with Gasteiger partial charge in [0.05, 0.1) is 4.47 Å². The van der Waals surface area contributed by atoms with Crippen molar-refractivity contribution in [3.63, 3.8) is 0 Å². The zero-order chi connectivity index (χ0) is 10.9. The van der Waals surface area contributed by atoms with E-state index in [1.165, 1.54) is 12.1 Å². The Morgan fingerprint density at radius 3 is 2.57 bits per heavy atom. The molecule has 0 radical (unpaired) electrons. The molecule has 1 unspecified atom stereocenters. The van der Waals surface area contributed by atoms with E-state index in [-0.39, 0.29) is 20.8 Å². The monoisotopic (exact) mass is 280 g/mol. The topological polar surface area (TPSA) is 77.8 Å². The number of halogens is 2. The molecule has 0 saturated heterocycles. The molecule has 0 spiro atoms. The van der Waals surface area contributed by atoms with Crippen LogP contribution in [0.3, 0.4) is 0 Å². The highest BCUT2D eigenvalue weighted by molar-refractivity contribution is 9.10. The first kappa shape index (κ1) is 11.3. The summed E-state index contributed by atoms with van der Waals surface area (Å²) >= 11 is 8.60. The fraction of sp³-hybridized carbons (Fsp3) is 0.125. The number of phenolic OH excluding ortho intramolecular Hbond substituents is 1. The first-order valence-corrected chi connectivity index (χ1v) is 4.69. The molecule has 0 bridgehead atoms. The van der Waals surface area contributed by atoms with E-state index < -0.39 is 12.1 Å². The number of aliphatic hydroxyl groups excluding tert-OH is 1. The minimum Gasteiger partial charge on any atom is -0.506 e. The van der Waals surface area contributed by atoms with E-state index in [1.54, 1.807) is 0 Å². The Labute approximate surface area is 92.9 Å². The molecule has 0 aromatic heterocycles. The number of aliphatic hydroxyl groups is 1. The van der Waals surface area contributed by atoms with E-state index in [1.807, 2.05) is 0 Å². The van der Waals surface area contributed by atoms with Gasteiger partial charge in [0.15, 0.2) is 6.10 Å². The van der Waals surface area contributed by atoms with E-state index in [9.17, 15) is 15.0 Å². The molecule has 0 aliphatic heterocycles. The summed E-state index contributed by atoms with van der Waals surface area (Å²) in [5.74, 6) is -1.78. The predicted molar refractivity (Wildman–Crippen MR) is 53.4 cm³/mol. The maximum atomic E-state index is 10.5. The summed E-state index contributed by atoms with van der Waals surface area (Å²) in [5, 5.41) is 27.3. The molecule has 1 aromatic carbocycles. The lowest BCUT2D eigenvalue weighted by atomic mass is 10.1. The van der Waals surface area contributed by atoms with Crippen molar-refractivity contribution < 1.29 is 20.1 Å². The Morgan fingerprint density at radius 1 is 1.50 bits per heavy atom. The van der Waals surface area contributed by atoms with E-state index >= 15 is 0 Å². The van der Waals surface area contributed by atoms with Crippen molar-refractivity contribution >= 4 is 33.5 Å². The number of hydrogen-bond acceptors (Lipinski definition) is 3. The van der Waals surface area contributed by atoms with Gasteiger partial charge in [-0.15, -0.1) is 0 Å². The number of aromatic hydroxyl groups is 1. The van der Waals surface area contributed by atoms with Crippen LogP contribution in [-0.2, 0) is 4.79 Å². The van der Waals surface area contributed by atoms with Gasteiger partial charge < -0.3 is 15.3 Å². The number of carbonyl (C=O) groups is 1. The third kappa shape index (κ3) is 2.17. The molecule has 0 saturated carbocycles. The van der Waals surface area contributed by atoms with Gasteiger partial charge in [-0.05, 0) is 28.1 Å². The Morgan fingerprint density at radius 2 is 2.07 bits per heavy atom. The molecule has 76 valence electrons. The molecule has 14 heavy (non-hydrogen) atoms. The zero-order valence-electron chi connectivity index (χ0n) is 6.74. The highest BCUT2D eigenvalue weighted by Crippen LogP contribution is 2.35. The van der Waals surface area contributed by atoms with Crippen molar-refractivity contribution in [1.29, 1.82) is 0 Å². The smallest absolute Gasteiger partial charge is 0.337 e. The fourth-order valence-electron chi connectivity index (χ4n) is 0.927. The van der Waals surface area contributed by atoms with Gasteiger partial charge in [0, 0.05) is 10.6 Å². The minimum atomic E-state index is -1.79. The number of rotatable bonds is 2. The Hall–Kier alpha value is -0.780. The Balaban J connectivity index is 3.26. The van der Waals surface area contributed by atoms with Crippen LogP contribution in [0.15, 0.2) is 16.6 Å². The van der Waals surface area contributed by atoms with Crippen LogP contribution in [0.1, 0.15) is 11.7 Å². The number of aliphatic carboxylic acids is 1. The summed E-state index contributed by atoms with van der Waals surface area (Å²) in [4.78, 5) is 10.5. The number of carboxylic acid groups (broad SMARTS) is 1. The Bertz CT molecular complexity index is 380. The third-order valence-electron chi connectivity index (χ3n) is 1.59. The molecule has 0 heterocycles. The van der Waals surface area contributed by atoms with Crippen LogP contribution in [0, 0.1) is 0 Å². The second-order valence-corrected chi connectivity index (χ2v) is 3.86. The number of benzene rings is 1. The van der Waals surface area contributed by atoms with Gasteiger partial charge >= 0.3 is 5.97 Å². The van der Waals surface area contributed by atoms with E-state index in [0.29, 0.717) is 0 Å². The molecule has 6 heteroatoms. The average molecular weight is 281 g/mol. The van der Waals surface area contributed by atoms with Gasteiger partial charge in [-0.1, -0.05) is 11.6 Å². The van der Waals surface area contributed by atoms with Crippen molar-refractivity contribution in [3.8, 4) is 5.75 Å². The van der Waals surface area contributed by atoms with Crippen LogP contribution in [0.25, 0.3) is 0 Å². The van der Waals surface area contributed by atoms with Gasteiger partial charge in [-0.3, -0.25) is 0 Å². The lowest BCUT2D eigenvalue weighted by molar-refractivity contribution is -0.147. The van der Waals surface area contributed by atoms with Gasteiger partial charge in [-0.25, -0.2) is 4.79 Å². The van der Waals surface area contributed by atoms with Crippen LogP contribution < -0.4 is 0 Å². The zero-order valence-corrected chi connectivity index (χ0v) is 9.08. The van der Waals surface area contributed by atoms with Crippen LogP contribution in [-0.4, -0.2) is 21.3 Å². The van der Waals surface area contributed by atoms with Gasteiger partial charge in [-0.2, -0.15) is 0 Å². The second kappa shape index (κ2) is 4.16. The normalized spacial score (nSPS) is 12.5. The lowest BCUT2D eigenvalue weighted by Gasteiger charge is -2.09. The van der Waals surface area contributed by atoms with Crippen molar-refractivity contribution in [1.82, 2.24) is 0 Å². The van der Waals surface area contributed by atoms with Crippen molar-refractivity contribution in [3.05, 3.63) is 27.2 Å². The summed E-state index contributed by atoms with van der Waals surface area (Å²) in [7, 11) is 0. The van der Waals surface area contributed by atoms with Gasteiger partial charge in [0.25, 0.3) is 0 Å². The molecular weight excluding hydrogens is 275 g/mol. The standard InChI is InChI=1S/C8H6BrClO4/c9-5-2-3(10)1-4(6(5)11)7(12)8(13)14/h1-2,7,11-12H,(H,13,14). The predicted octanol–water partition coefficient (Wildman–Crippen LogP) is 1.93.